The molecule has 0 saturated carbocycles. The summed E-state index contributed by atoms with van der Waals surface area (Å²) in [5, 5.41) is 9.72. The summed E-state index contributed by atoms with van der Waals surface area (Å²) in [5.74, 6) is -0.629. The number of anilines is 2. The predicted molar refractivity (Wildman–Crippen MR) is 103 cm³/mol. The van der Waals surface area contributed by atoms with E-state index in [0.717, 1.165) is 22.1 Å². The molecular formula is C17H19F3N6OS. The van der Waals surface area contributed by atoms with Gasteiger partial charge in [-0.25, -0.2) is 4.68 Å². The predicted octanol–water partition coefficient (Wildman–Crippen LogP) is 3.13. The fourth-order valence-corrected chi connectivity index (χ4v) is 3.12. The van der Waals surface area contributed by atoms with Crippen molar-refractivity contribution in [1.29, 1.82) is 0 Å². The number of amides is 1. The average molecular weight is 412 g/mol. The lowest BCUT2D eigenvalue weighted by Gasteiger charge is -2.31. The molecule has 2 aromatic rings. The van der Waals surface area contributed by atoms with Crippen LogP contribution in [0.5, 0.6) is 0 Å². The second-order valence-electron chi connectivity index (χ2n) is 6.54. The Labute approximate surface area is 164 Å². The fourth-order valence-electron chi connectivity index (χ4n) is 2.96. The maximum Gasteiger partial charge on any atom is 0.410 e. The van der Waals surface area contributed by atoms with Gasteiger partial charge in [-0.15, -0.1) is 0 Å². The van der Waals surface area contributed by atoms with Crippen LogP contribution >= 0.6 is 12.2 Å². The smallest absolute Gasteiger partial charge is 0.367 e. The number of nitrogens with one attached hydrogen (secondary N) is 4. The molecule has 1 amide bonds. The molecule has 0 radical (unpaired) electrons. The Morgan fingerprint density at radius 1 is 1.32 bits per heavy atom. The SMILES string of the molecule is Cc1ccccc1NC(=S)NNC(=O)c1cnn2c1N[C@@H](C)C[C@H]2C(F)(F)F. The molecule has 0 spiro atoms. The number of aromatic nitrogens is 2. The van der Waals surface area contributed by atoms with Crippen LogP contribution in [-0.2, 0) is 0 Å². The molecule has 0 bridgehead atoms. The van der Waals surface area contributed by atoms with E-state index >= 15 is 0 Å². The molecule has 2 atom stereocenters. The number of nitrogens with zero attached hydrogens (tertiary/aromatic N) is 2. The first-order valence-electron chi connectivity index (χ1n) is 8.50. The summed E-state index contributed by atoms with van der Waals surface area (Å²) < 4.78 is 40.6. The number of carbonyl (C=O) groups excluding carboxylic acids is 1. The Hall–Kier alpha value is -2.82. The van der Waals surface area contributed by atoms with E-state index in [0.29, 0.717) is 0 Å². The number of alkyl halides is 3. The first kappa shape index (κ1) is 19.9. The summed E-state index contributed by atoms with van der Waals surface area (Å²) in [6, 6.07) is 5.19. The lowest BCUT2D eigenvalue weighted by atomic mass is 10.1. The molecule has 0 saturated heterocycles. The summed E-state index contributed by atoms with van der Waals surface area (Å²) in [6.07, 6.45) is -3.52. The van der Waals surface area contributed by atoms with Gasteiger partial charge in [0.2, 0.25) is 0 Å². The highest BCUT2D eigenvalue weighted by Crippen LogP contribution is 2.39. The van der Waals surface area contributed by atoms with Crippen LogP contribution < -0.4 is 21.5 Å². The molecule has 1 aromatic carbocycles. The molecule has 3 rings (SSSR count). The number of hydrogen-bond acceptors (Lipinski definition) is 4. The van der Waals surface area contributed by atoms with Crippen molar-refractivity contribution in [2.75, 3.05) is 10.6 Å². The number of thiocarbonyl (C=S) groups is 1. The molecule has 0 aliphatic carbocycles. The highest BCUT2D eigenvalue weighted by atomic mass is 32.1. The number of rotatable bonds is 2. The second-order valence-corrected chi connectivity index (χ2v) is 6.95. The van der Waals surface area contributed by atoms with Crippen LogP contribution in [0.15, 0.2) is 30.5 Å². The van der Waals surface area contributed by atoms with Crippen molar-refractivity contribution in [3.8, 4) is 0 Å². The second kappa shape index (κ2) is 7.66. The zero-order chi connectivity index (χ0) is 20.5. The fraction of sp³-hybridized carbons (Fsp3) is 0.353. The van der Waals surface area contributed by atoms with E-state index in [-0.39, 0.29) is 22.9 Å². The molecule has 1 aliphatic rings. The van der Waals surface area contributed by atoms with E-state index < -0.39 is 24.2 Å². The van der Waals surface area contributed by atoms with Crippen molar-refractivity contribution in [2.24, 2.45) is 0 Å². The van der Waals surface area contributed by atoms with Crippen LogP contribution in [-0.4, -0.2) is 33.0 Å². The zero-order valence-corrected chi connectivity index (χ0v) is 15.9. The number of carbonyl (C=O) groups is 1. The highest BCUT2D eigenvalue weighted by Gasteiger charge is 2.46. The summed E-state index contributed by atoms with van der Waals surface area (Å²) in [6.45, 7) is 3.52. The van der Waals surface area contributed by atoms with Gasteiger partial charge < -0.3 is 10.6 Å². The standard InChI is InChI=1S/C17H19F3N6OS/c1-9-5-3-4-6-12(9)23-16(28)25-24-15(27)11-8-21-26-13(17(18,19)20)7-10(2)22-14(11)26/h3-6,8,10,13,22H,7H2,1-2H3,(H,24,27)(H2,23,25,28)/t10-,13-/m0/s1. The van der Waals surface area contributed by atoms with Gasteiger partial charge in [-0.2, -0.15) is 18.3 Å². The van der Waals surface area contributed by atoms with Crippen molar-refractivity contribution in [3.63, 3.8) is 0 Å². The van der Waals surface area contributed by atoms with Crippen LogP contribution in [0.1, 0.15) is 35.3 Å². The maximum absolute atomic E-state index is 13.3. The van der Waals surface area contributed by atoms with Gasteiger partial charge in [0, 0.05) is 11.7 Å². The number of hydrazine groups is 1. The van der Waals surface area contributed by atoms with Crippen LogP contribution in [0.3, 0.4) is 0 Å². The minimum absolute atomic E-state index is 0.00742. The van der Waals surface area contributed by atoms with Crippen LogP contribution in [0.4, 0.5) is 24.7 Å². The molecule has 7 nitrogen and oxygen atoms in total. The minimum atomic E-state index is -4.46. The Morgan fingerprint density at radius 2 is 2.04 bits per heavy atom. The van der Waals surface area contributed by atoms with Gasteiger partial charge in [0.15, 0.2) is 11.2 Å². The van der Waals surface area contributed by atoms with E-state index in [1.165, 1.54) is 0 Å². The summed E-state index contributed by atoms with van der Waals surface area (Å²) in [5.41, 5.74) is 6.63. The molecule has 1 aliphatic heterocycles. The van der Waals surface area contributed by atoms with Crippen LogP contribution in [0, 0.1) is 6.92 Å². The van der Waals surface area contributed by atoms with Gasteiger partial charge in [0.25, 0.3) is 5.91 Å². The number of benzene rings is 1. The molecule has 0 fully saturated rings. The Kier molecular flexibility index (Phi) is 5.45. The van der Waals surface area contributed by atoms with Gasteiger partial charge >= 0.3 is 6.18 Å². The number of hydrogen-bond donors (Lipinski definition) is 4. The Bertz CT molecular complexity index is 897. The quantitative estimate of drug-likeness (QED) is 0.448. The topological polar surface area (TPSA) is 83.0 Å². The molecule has 0 unspecified atom stereocenters. The Morgan fingerprint density at radius 3 is 2.71 bits per heavy atom. The van der Waals surface area contributed by atoms with Gasteiger partial charge in [-0.05, 0) is 44.1 Å². The third-order valence-electron chi connectivity index (χ3n) is 4.36. The molecule has 150 valence electrons. The molecule has 11 heteroatoms. The van der Waals surface area contributed by atoms with Gasteiger partial charge in [0.1, 0.15) is 11.4 Å². The third-order valence-corrected chi connectivity index (χ3v) is 4.56. The van der Waals surface area contributed by atoms with Gasteiger partial charge in [-0.1, -0.05) is 18.2 Å². The minimum Gasteiger partial charge on any atom is -0.367 e. The van der Waals surface area contributed by atoms with Gasteiger partial charge in [0.05, 0.1) is 6.20 Å². The van der Waals surface area contributed by atoms with Crippen LogP contribution in [0.2, 0.25) is 0 Å². The van der Waals surface area contributed by atoms with E-state index in [1.54, 1.807) is 6.92 Å². The lowest BCUT2D eigenvalue weighted by Crippen LogP contribution is -2.44. The highest BCUT2D eigenvalue weighted by molar-refractivity contribution is 7.80. The van der Waals surface area contributed by atoms with Crippen molar-refractivity contribution in [2.45, 2.75) is 38.5 Å². The monoisotopic (exact) mass is 412 g/mol. The number of para-hydroxylation sites is 1. The van der Waals surface area contributed by atoms with Crippen molar-refractivity contribution >= 4 is 34.7 Å². The van der Waals surface area contributed by atoms with E-state index in [4.69, 9.17) is 12.2 Å². The number of halogens is 3. The first-order chi connectivity index (χ1) is 13.2. The zero-order valence-electron chi connectivity index (χ0n) is 15.1. The van der Waals surface area contributed by atoms with Crippen LogP contribution in [0.25, 0.3) is 0 Å². The molecule has 2 heterocycles. The lowest BCUT2D eigenvalue weighted by molar-refractivity contribution is -0.173. The summed E-state index contributed by atoms with van der Waals surface area (Å²) in [7, 11) is 0. The molecule has 4 N–H and O–H groups in total. The number of fused-ring (bicyclic) bond motifs is 1. The largest absolute Gasteiger partial charge is 0.410 e. The summed E-state index contributed by atoms with van der Waals surface area (Å²) in [4.78, 5) is 12.4. The van der Waals surface area contributed by atoms with Gasteiger partial charge in [-0.3, -0.25) is 15.6 Å². The van der Waals surface area contributed by atoms with Crippen molar-refractivity contribution < 1.29 is 18.0 Å². The normalized spacial score (nSPS) is 18.6. The summed E-state index contributed by atoms with van der Waals surface area (Å²) >= 11 is 5.13. The third kappa shape index (κ3) is 4.19. The van der Waals surface area contributed by atoms with Crippen molar-refractivity contribution in [1.82, 2.24) is 20.6 Å². The molecule has 28 heavy (non-hydrogen) atoms. The van der Waals surface area contributed by atoms with Crippen molar-refractivity contribution in [3.05, 3.63) is 41.6 Å². The number of aryl methyl sites for hydroxylation is 1. The van der Waals surface area contributed by atoms with E-state index in [9.17, 15) is 18.0 Å². The first-order valence-corrected chi connectivity index (χ1v) is 8.91. The maximum atomic E-state index is 13.3. The molecule has 1 aromatic heterocycles. The molecular weight excluding hydrogens is 393 g/mol. The average Bonchev–Trinajstić information content (AvgIpc) is 3.03. The van der Waals surface area contributed by atoms with E-state index in [2.05, 4.69) is 26.6 Å². The Balaban J connectivity index is 1.68. The van der Waals surface area contributed by atoms with E-state index in [1.807, 2.05) is 31.2 Å².